The molecule has 0 saturated carbocycles. The van der Waals surface area contributed by atoms with Crippen LogP contribution in [0.2, 0.25) is 0 Å². The fourth-order valence-electron chi connectivity index (χ4n) is 3.65. The van der Waals surface area contributed by atoms with Gasteiger partial charge in [-0.2, -0.15) is 36.0 Å². The van der Waals surface area contributed by atoms with Crippen molar-refractivity contribution < 1.29 is 26.3 Å². The van der Waals surface area contributed by atoms with Crippen molar-refractivity contribution in [3.8, 4) is 0 Å². The Labute approximate surface area is 166 Å². The van der Waals surface area contributed by atoms with Crippen LogP contribution in [0.5, 0.6) is 0 Å². The maximum absolute atomic E-state index is 13.3. The van der Waals surface area contributed by atoms with Gasteiger partial charge in [-0.3, -0.25) is 4.68 Å². The summed E-state index contributed by atoms with van der Waals surface area (Å²) in [5, 5.41) is 14.6. The number of piperidine rings is 1. The highest BCUT2D eigenvalue weighted by molar-refractivity contribution is 5.59. The van der Waals surface area contributed by atoms with Crippen molar-refractivity contribution in [3.05, 3.63) is 34.9 Å². The van der Waals surface area contributed by atoms with E-state index in [2.05, 4.69) is 20.4 Å². The molecule has 162 valence electrons. The molecule has 3 aromatic heterocycles. The summed E-state index contributed by atoms with van der Waals surface area (Å²) in [7, 11) is 0. The molecule has 0 bridgehead atoms. The van der Waals surface area contributed by atoms with Crippen LogP contribution in [-0.4, -0.2) is 42.7 Å². The maximum Gasteiger partial charge on any atom is 0.453 e. The third-order valence-electron chi connectivity index (χ3n) is 5.29. The lowest BCUT2D eigenvalue weighted by molar-refractivity contribution is -0.146. The van der Waals surface area contributed by atoms with Crippen molar-refractivity contribution in [2.45, 2.75) is 45.1 Å². The lowest BCUT2D eigenvalue weighted by Gasteiger charge is -2.34. The van der Waals surface area contributed by atoms with Crippen LogP contribution in [0.15, 0.2) is 12.3 Å². The summed E-state index contributed by atoms with van der Waals surface area (Å²) in [5.41, 5.74) is 0.175. The van der Waals surface area contributed by atoms with Gasteiger partial charge in [-0.25, -0.2) is 0 Å². The fourth-order valence-corrected chi connectivity index (χ4v) is 3.65. The van der Waals surface area contributed by atoms with Gasteiger partial charge in [0.1, 0.15) is 0 Å². The average molecular weight is 433 g/mol. The molecule has 1 aliphatic rings. The molecule has 13 heteroatoms. The summed E-state index contributed by atoms with van der Waals surface area (Å²) in [4.78, 5) is 1.77. The molecular formula is C17H17F6N7. The Morgan fingerprint density at radius 3 is 2.33 bits per heavy atom. The standard InChI is InChI=1S/C17H17F6N7/c1-9-10(2)14(27-30-13(9)24-25-15(30)17(21,22)23)28-6-3-4-11(8-28)29-7-5-12(26-29)16(18,19)20/h5,7,11H,3-4,6,8H2,1-2H3. The number of hydrogen-bond donors (Lipinski definition) is 0. The summed E-state index contributed by atoms with van der Waals surface area (Å²) < 4.78 is 80.3. The predicted octanol–water partition coefficient (Wildman–Crippen LogP) is 3.82. The van der Waals surface area contributed by atoms with Crippen molar-refractivity contribution in [3.63, 3.8) is 0 Å². The maximum atomic E-state index is 13.3. The number of halogens is 6. The van der Waals surface area contributed by atoms with Gasteiger partial charge in [0.2, 0.25) is 0 Å². The Hall–Kier alpha value is -2.86. The molecule has 1 atom stereocenters. The quantitative estimate of drug-likeness (QED) is 0.575. The van der Waals surface area contributed by atoms with Gasteiger partial charge in [0.15, 0.2) is 17.2 Å². The van der Waals surface area contributed by atoms with Crippen LogP contribution in [0.1, 0.15) is 41.5 Å². The smallest absolute Gasteiger partial charge is 0.353 e. The second-order valence-corrected chi connectivity index (χ2v) is 7.25. The van der Waals surface area contributed by atoms with Crippen LogP contribution in [0, 0.1) is 13.8 Å². The SMILES string of the molecule is Cc1c(N2CCCC(n3ccc(C(F)(F)F)n3)C2)nn2c(C(F)(F)F)nnc2c1C. The van der Waals surface area contributed by atoms with E-state index in [-0.39, 0.29) is 18.2 Å². The number of fused-ring (bicyclic) bond motifs is 1. The molecule has 1 fully saturated rings. The van der Waals surface area contributed by atoms with Crippen LogP contribution in [0.4, 0.5) is 32.2 Å². The minimum Gasteiger partial charge on any atom is -0.353 e. The molecule has 0 spiro atoms. The normalized spacial score (nSPS) is 18.4. The molecular weight excluding hydrogens is 416 g/mol. The average Bonchev–Trinajstić information content (AvgIpc) is 3.31. The van der Waals surface area contributed by atoms with E-state index in [0.717, 1.165) is 6.07 Å². The van der Waals surface area contributed by atoms with Crippen LogP contribution < -0.4 is 4.90 Å². The Bertz CT molecular complexity index is 1080. The van der Waals surface area contributed by atoms with Crippen LogP contribution in [-0.2, 0) is 12.4 Å². The molecule has 0 aliphatic carbocycles. The van der Waals surface area contributed by atoms with Crippen molar-refractivity contribution in [2.75, 3.05) is 18.0 Å². The second kappa shape index (κ2) is 6.84. The Morgan fingerprint density at radius 1 is 0.967 bits per heavy atom. The van der Waals surface area contributed by atoms with Gasteiger partial charge >= 0.3 is 12.4 Å². The molecule has 3 aromatic rings. The molecule has 0 radical (unpaired) electrons. The Morgan fingerprint density at radius 2 is 1.70 bits per heavy atom. The van der Waals surface area contributed by atoms with Crippen LogP contribution >= 0.6 is 0 Å². The van der Waals surface area contributed by atoms with Gasteiger partial charge in [-0.15, -0.1) is 15.3 Å². The number of aryl methyl sites for hydroxylation is 1. The predicted molar refractivity (Wildman–Crippen MR) is 93.0 cm³/mol. The number of hydrogen-bond acceptors (Lipinski definition) is 5. The minimum absolute atomic E-state index is 0.0130. The first-order chi connectivity index (χ1) is 14.0. The highest BCUT2D eigenvalue weighted by Crippen LogP contribution is 2.33. The van der Waals surface area contributed by atoms with E-state index in [4.69, 9.17) is 0 Å². The largest absolute Gasteiger partial charge is 0.453 e. The summed E-state index contributed by atoms with van der Waals surface area (Å²) in [6.07, 6.45) is -6.77. The fraction of sp³-hybridized carbons (Fsp3) is 0.529. The number of alkyl halides is 6. The zero-order chi connectivity index (χ0) is 21.8. The molecule has 1 saturated heterocycles. The Kier molecular flexibility index (Phi) is 4.66. The van der Waals surface area contributed by atoms with Gasteiger partial charge in [0.05, 0.1) is 6.04 Å². The van der Waals surface area contributed by atoms with Crippen molar-refractivity contribution in [1.29, 1.82) is 0 Å². The Balaban J connectivity index is 1.69. The first-order valence-corrected chi connectivity index (χ1v) is 9.14. The third-order valence-corrected chi connectivity index (χ3v) is 5.29. The van der Waals surface area contributed by atoms with Gasteiger partial charge < -0.3 is 4.90 Å². The first kappa shape index (κ1) is 20.4. The van der Waals surface area contributed by atoms with Crippen molar-refractivity contribution in [1.82, 2.24) is 29.6 Å². The van der Waals surface area contributed by atoms with Crippen LogP contribution in [0.3, 0.4) is 0 Å². The summed E-state index contributed by atoms with van der Waals surface area (Å²) in [6, 6.07) is 0.542. The summed E-state index contributed by atoms with van der Waals surface area (Å²) in [6.45, 7) is 4.13. The third kappa shape index (κ3) is 3.45. The van der Waals surface area contributed by atoms with Crippen molar-refractivity contribution >= 4 is 11.5 Å². The van der Waals surface area contributed by atoms with E-state index in [1.807, 2.05) is 0 Å². The monoisotopic (exact) mass is 433 g/mol. The molecule has 4 heterocycles. The first-order valence-electron chi connectivity index (χ1n) is 9.14. The zero-order valence-electron chi connectivity index (χ0n) is 16.0. The number of anilines is 1. The van der Waals surface area contributed by atoms with Gasteiger partial charge in [-0.1, -0.05) is 0 Å². The van der Waals surface area contributed by atoms with E-state index in [9.17, 15) is 26.3 Å². The summed E-state index contributed by atoms with van der Waals surface area (Å²) in [5.74, 6) is -0.907. The topological polar surface area (TPSA) is 64.1 Å². The molecule has 1 unspecified atom stereocenters. The van der Waals surface area contributed by atoms with Gasteiger partial charge in [0.25, 0.3) is 5.82 Å². The van der Waals surface area contributed by atoms with E-state index < -0.39 is 23.9 Å². The molecule has 4 rings (SSSR count). The zero-order valence-corrected chi connectivity index (χ0v) is 16.0. The number of rotatable bonds is 2. The lowest BCUT2D eigenvalue weighted by atomic mass is 10.0. The van der Waals surface area contributed by atoms with Crippen LogP contribution in [0.25, 0.3) is 5.65 Å². The molecule has 0 aromatic carbocycles. The molecule has 0 amide bonds. The molecule has 1 aliphatic heterocycles. The molecule has 7 nitrogen and oxygen atoms in total. The highest BCUT2D eigenvalue weighted by Gasteiger charge is 2.39. The molecule has 30 heavy (non-hydrogen) atoms. The number of nitrogens with zero attached hydrogens (tertiary/aromatic N) is 7. The summed E-state index contributed by atoms with van der Waals surface area (Å²) >= 11 is 0. The van der Waals surface area contributed by atoms with Gasteiger partial charge in [0, 0.05) is 30.4 Å². The van der Waals surface area contributed by atoms with E-state index in [0.29, 0.717) is 40.8 Å². The molecule has 0 N–H and O–H groups in total. The highest BCUT2D eigenvalue weighted by atomic mass is 19.4. The van der Waals surface area contributed by atoms with E-state index >= 15 is 0 Å². The second-order valence-electron chi connectivity index (χ2n) is 7.25. The van der Waals surface area contributed by atoms with E-state index in [1.54, 1.807) is 18.7 Å². The lowest BCUT2D eigenvalue weighted by Crippen LogP contribution is -2.38. The van der Waals surface area contributed by atoms with Gasteiger partial charge in [-0.05, 0) is 32.8 Å². The van der Waals surface area contributed by atoms with Crippen molar-refractivity contribution in [2.24, 2.45) is 0 Å². The number of aromatic nitrogens is 6. The van der Waals surface area contributed by atoms with E-state index in [1.165, 1.54) is 10.9 Å². The minimum atomic E-state index is -4.72.